The number of hydrogen-bond acceptors (Lipinski definition) is 5. The van der Waals surface area contributed by atoms with Crippen molar-refractivity contribution >= 4 is 0 Å². The van der Waals surface area contributed by atoms with Crippen LogP contribution in [0.2, 0.25) is 0 Å². The van der Waals surface area contributed by atoms with E-state index in [0.29, 0.717) is 17.8 Å². The molecule has 1 saturated carbocycles. The molecule has 0 spiro atoms. The van der Waals surface area contributed by atoms with Crippen molar-refractivity contribution in [1.82, 2.24) is 15.5 Å². The summed E-state index contributed by atoms with van der Waals surface area (Å²) in [6, 6.07) is 0.596. The Bertz CT molecular complexity index is 404. The Labute approximate surface area is 127 Å². The lowest BCUT2D eigenvalue weighted by molar-refractivity contribution is 0.0903. The quantitative estimate of drug-likeness (QED) is 0.797. The van der Waals surface area contributed by atoms with Crippen molar-refractivity contribution in [2.45, 2.75) is 70.9 Å². The number of nitrogens with one attached hydrogen (secondary N) is 1. The Morgan fingerprint density at radius 1 is 1.33 bits per heavy atom. The highest BCUT2D eigenvalue weighted by atomic mass is 16.5. The van der Waals surface area contributed by atoms with Gasteiger partial charge in [-0.25, -0.2) is 0 Å². The minimum Gasteiger partial charge on any atom is -0.373 e. The summed E-state index contributed by atoms with van der Waals surface area (Å²) < 4.78 is 10.8. The zero-order valence-electron chi connectivity index (χ0n) is 13.6. The fraction of sp³-hybridized carbons (Fsp3) is 0.875. The Morgan fingerprint density at radius 2 is 2.14 bits per heavy atom. The Balaban J connectivity index is 1.95. The van der Waals surface area contributed by atoms with Crippen LogP contribution in [-0.4, -0.2) is 29.8 Å². The van der Waals surface area contributed by atoms with Crippen LogP contribution < -0.4 is 5.32 Å². The summed E-state index contributed by atoms with van der Waals surface area (Å²) in [6.45, 7) is 5.37. The van der Waals surface area contributed by atoms with Crippen molar-refractivity contribution in [2.24, 2.45) is 5.92 Å². The Kier molecular flexibility index (Phi) is 6.64. The lowest BCUT2D eigenvalue weighted by atomic mass is 9.82. The second kappa shape index (κ2) is 8.49. The molecule has 1 heterocycles. The fourth-order valence-electron chi connectivity index (χ4n) is 3.21. The molecule has 1 aromatic heterocycles. The van der Waals surface area contributed by atoms with Crippen LogP contribution in [0.25, 0.3) is 0 Å². The summed E-state index contributed by atoms with van der Waals surface area (Å²) in [4.78, 5) is 4.53. The maximum absolute atomic E-state index is 5.44. The number of methoxy groups -OCH3 is 1. The van der Waals surface area contributed by atoms with E-state index in [4.69, 9.17) is 9.26 Å². The van der Waals surface area contributed by atoms with Crippen LogP contribution in [-0.2, 0) is 11.2 Å². The molecular weight excluding hydrogens is 266 g/mol. The van der Waals surface area contributed by atoms with E-state index in [1.165, 1.54) is 32.1 Å². The molecule has 1 fully saturated rings. The first kappa shape index (κ1) is 16.4. The lowest BCUT2D eigenvalue weighted by Gasteiger charge is -2.31. The van der Waals surface area contributed by atoms with Gasteiger partial charge in [-0.15, -0.1) is 0 Å². The van der Waals surface area contributed by atoms with E-state index in [1.807, 2.05) is 0 Å². The normalized spacial score (nSPS) is 24.1. The summed E-state index contributed by atoms with van der Waals surface area (Å²) in [5, 5.41) is 7.76. The monoisotopic (exact) mass is 295 g/mol. The van der Waals surface area contributed by atoms with Crippen LogP contribution in [0.1, 0.15) is 70.2 Å². The molecule has 3 atom stereocenters. The molecule has 5 nitrogen and oxygen atoms in total. The van der Waals surface area contributed by atoms with Gasteiger partial charge in [0.2, 0.25) is 11.7 Å². The van der Waals surface area contributed by atoms with Gasteiger partial charge in [-0.3, -0.25) is 0 Å². The van der Waals surface area contributed by atoms with E-state index in [9.17, 15) is 0 Å². The molecule has 120 valence electrons. The van der Waals surface area contributed by atoms with Gasteiger partial charge in [0, 0.05) is 19.6 Å². The van der Waals surface area contributed by atoms with Gasteiger partial charge in [0.25, 0.3) is 0 Å². The van der Waals surface area contributed by atoms with E-state index >= 15 is 0 Å². The van der Waals surface area contributed by atoms with E-state index < -0.39 is 0 Å². The molecule has 3 unspecified atom stereocenters. The summed E-state index contributed by atoms with van der Waals surface area (Å²) in [7, 11) is 1.69. The topological polar surface area (TPSA) is 60.2 Å². The summed E-state index contributed by atoms with van der Waals surface area (Å²) in [6.07, 6.45) is 8.03. The van der Waals surface area contributed by atoms with Gasteiger partial charge in [0.15, 0.2) is 0 Å². The van der Waals surface area contributed by atoms with Gasteiger partial charge in [0.1, 0.15) is 6.10 Å². The Hall–Kier alpha value is -0.940. The molecule has 1 aliphatic carbocycles. The first-order valence-corrected chi connectivity index (χ1v) is 8.37. The van der Waals surface area contributed by atoms with E-state index in [-0.39, 0.29) is 6.10 Å². The second-order valence-corrected chi connectivity index (χ2v) is 5.99. The van der Waals surface area contributed by atoms with Crippen LogP contribution in [0, 0.1) is 5.92 Å². The molecule has 0 aromatic carbocycles. The molecule has 0 aliphatic heterocycles. The van der Waals surface area contributed by atoms with Gasteiger partial charge < -0.3 is 14.6 Å². The summed E-state index contributed by atoms with van der Waals surface area (Å²) >= 11 is 0. The van der Waals surface area contributed by atoms with Gasteiger partial charge in [-0.1, -0.05) is 31.8 Å². The van der Waals surface area contributed by atoms with Gasteiger partial charge in [-0.2, -0.15) is 4.98 Å². The predicted octanol–water partition coefficient (Wildman–Crippen LogP) is 3.27. The average Bonchev–Trinajstić information content (AvgIpc) is 2.96. The molecule has 21 heavy (non-hydrogen) atoms. The van der Waals surface area contributed by atoms with Crippen molar-refractivity contribution in [3.63, 3.8) is 0 Å². The molecule has 1 N–H and O–H groups in total. The number of aromatic nitrogens is 2. The average molecular weight is 295 g/mol. The van der Waals surface area contributed by atoms with Crippen molar-refractivity contribution in [2.75, 3.05) is 13.7 Å². The van der Waals surface area contributed by atoms with Crippen LogP contribution in [0.5, 0.6) is 0 Å². The minimum absolute atomic E-state index is 0.0529. The van der Waals surface area contributed by atoms with Gasteiger partial charge in [0.05, 0.1) is 0 Å². The fourth-order valence-corrected chi connectivity index (χ4v) is 3.21. The molecule has 1 aliphatic rings. The lowest BCUT2D eigenvalue weighted by Crippen LogP contribution is -2.39. The third-order valence-corrected chi connectivity index (χ3v) is 4.43. The number of ether oxygens (including phenoxy) is 1. The van der Waals surface area contributed by atoms with Gasteiger partial charge in [-0.05, 0) is 38.1 Å². The molecule has 0 amide bonds. The molecule has 0 radical (unpaired) electrons. The SMILES string of the molecule is CCCNC1CCCCC1Cc1nc(C(CC)OC)no1. The first-order chi connectivity index (χ1) is 10.3. The maximum Gasteiger partial charge on any atom is 0.227 e. The van der Waals surface area contributed by atoms with Gasteiger partial charge >= 0.3 is 0 Å². The highest BCUT2D eigenvalue weighted by Crippen LogP contribution is 2.28. The zero-order valence-corrected chi connectivity index (χ0v) is 13.6. The predicted molar refractivity (Wildman–Crippen MR) is 82.1 cm³/mol. The molecule has 5 heteroatoms. The standard InChI is InChI=1S/C16H29N3O2/c1-4-10-17-13-9-7-6-8-12(13)11-15-18-16(19-21-15)14(5-2)20-3/h12-14,17H,4-11H2,1-3H3. The third kappa shape index (κ3) is 4.51. The zero-order chi connectivity index (χ0) is 15.1. The van der Waals surface area contributed by atoms with Crippen molar-refractivity contribution < 1.29 is 9.26 Å². The van der Waals surface area contributed by atoms with E-state index in [2.05, 4.69) is 29.3 Å². The highest BCUT2D eigenvalue weighted by molar-refractivity contribution is 4.94. The van der Waals surface area contributed by atoms with Crippen LogP contribution in [0.4, 0.5) is 0 Å². The summed E-state index contributed by atoms with van der Waals surface area (Å²) in [5.74, 6) is 2.06. The summed E-state index contributed by atoms with van der Waals surface area (Å²) in [5.41, 5.74) is 0. The second-order valence-electron chi connectivity index (χ2n) is 5.99. The van der Waals surface area contributed by atoms with Crippen molar-refractivity contribution in [3.8, 4) is 0 Å². The third-order valence-electron chi connectivity index (χ3n) is 4.43. The molecule has 1 aromatic rings. The smallest absolute Gasteiger partial charge is 0.227 e. The highest BCUT2D eigenvalue weighted by Gasteiger charge is 2.27. The molecule has 0 saturated heterocycles. The van der Waals surface area contributed by atoms with Crippen LogP contribution >= 0.6 is 0 Å². The number of rotatable bonds is 8. The maximum atomic E-state index is 5.44. The number of nitrogens with zero attached hydrogens (tertiary/aromatic N) is 2. The van der Waals surface area contributed by atoms with E-state index in [0.717, 1.165) is 25.3 Å². The van der Waals surface area contributed by atoms with Crippen molar-refractivity contribution in [3.05, 3.63) is 11.7 Å². The van der Waals surface area contributed by atoms with E-state index in [1.54, 1.807) is 7.11 Å². The number of hydrogen-bond donors (Lipinski definition) is 1. The van der Waals surface area contributed by atoms with Crippen LogP contribution in [0.15, 0.2) is 4.52 Å². The first-order valence-electron chi connectivity index (χ1n) is 8.37. The van der Waals surface area contributed by atoms with Crippen molar-refractivity contribution in [1.29, 1.82) is 0 Å². The van der Waals surface area contributed by atoms with Crippen LogP contribution in [0.3, 0.4) is 0 Å². The Morgan fingerprint density at radius 3 is 2.86 bits per heavy atom. The largest absolute Gasteiger partial charge is 0.373 e. The molecular formula is C16H29N3O2. The minimum atomic E-state index is -0.0529. The molecule has 2 rings (SSSR count). The molecule has 0 bridgehead atoms.